The Labute approximate surface area is 138 Å². The van der Waals surface area contributed by atoms with Crippen LogP contribution in [0.4, 0.5) is 0 Å². The van der Waals surface area contributed by atoms with Gasteiger partial charge in [0.25, 0.3) is 0 Å². The second-order valence-corrected chi connectivity index (χ2v) is 5.87. The highest BCUT2D eigenvalue weighted by molar-refractivity contribution is 5.81. The van der Waals surface area contributed by atoms with E-state index in [1.54, 1.807) is 6.08 Å². The molecule has 1 aromatic rings. The van der Waals surface area contributed by atoms with Gasteiger partial charge in [-0.25, -0.2) is 4.79 Å². The largest absolute Gasteiger partial charge is 0.466 e. The third-order valence-corrected chi connectivity index (χ3v) is 3.59. The highest BCUT2D eigenvalue weighted by Gasteiger charge is 2.33. The predicted octanol–water partition coefficient (Wildman–Crippen LogP) is 2.71. The molecule has 1 rings (SSSR count). The number of methoxy groups -OCH3 is 1. The molecule has 0 heterocycles. The first-order valence-electron chi connectivity index (χ1n) is 7.45. The number of benzene rings is 1. The van der Waals surface area contributed by atoms with Crippen molar-refractivity contribution in [2.24, 2.45) is 5.41 Å². The Balaban J connectivity index is 2.76. The molecule has 0 amide bonds. The number of aliphatic hydroxyl groups excluding tert-OH is 1. The Morgan fingerprint density at radius 3 is 2.61 bits per heavy atom. The van der Waals surface area contributed by atoms with Crippen LogP contribution >= 0.6 is 0 Å². The molecule has 23 heavy (non-hydrogen) atoms. The van der Waals surface area contributed by atoms with E-state index in [1.165, 1.54) is 13.2 Å². The minimum atomic E-state index is -0.858. The fraction of sp³-hybridized carbons (Fsp3) is 0.421. The van der Waals surface area contributed by atoms with Gasteiger partial charge in [0.1, 0.15) is 0 Å². The first kappa shape index (κ1) is 19.0. The molecule has 0 aromatic heterocycles. The summed E-state index contributed by atoms with van der Waals surface area (Å²) in [6.07, 6.45) is 7.19. The lowest BCUT2D eigenvalue weighted by Crippen LogP contribution is -2.40. The first-order chi connectivity index (χ1) is 10.9. The minimum absolute atomic E-state index is 0.281. The Bertz CT molecular complexity index is 554. The predicted molar refractivity (Wildman–Crippen MR) is 89.4 cm³/mol. The molecular formula is C19H24O4. The molecular weight excluding hydrogens is 292 g/mol. The molecule has 0 aliphatic carbocycles. The van der Waals surface area contributed by atoms with E-state index in [0.29, 0.717) is 6.61 Å². The molecule has 124 valence electrons. The zero-order chi connectivity index (χ0) is 17.3. The molecule has 2 atom stereocenters. The minimum Gasteiger partial charge on any atom is -0.466 e. The third kappa shape index (κ3) is 6.27. The second kappa shape index (κ2) is 9.14. The highest BCUT2D eigenvalue weighted by atomic mass is 16.5. The summed E-state index contributed by atoms with van der Waals surface area (Å²) in [5.74, 6) is 2.06. The number of hydrogen-bond donors (Lipinski definition) is 1. The fourth-order valence-electron chi connectivity index (χ4n) is 2.08. The molecule has 0 bridgehead atoms. The van der Waals surface area contributed by atoms with Crippen molar-refractivity contribution < 1.29 is 19.4 Å². The number of carbonyl (C=O) groups is 1. The number of hydrogen-bond acceptors (Lipinski definition) is 4. The van der Waals surface area contributed by atoms with Gasteiger partial charge in [-0.05, 0) is 5.56 Å². The van der Waals surface area contributed by atoms with Crippen molar-refractivity contribution in [3.05, 3.63) is 48.0 Å². The number of terminal acetylenes is 1. The Morgan fingerprint density at radius 1 is 1.39 bits per heavy atom. The van der Waals surface area contributed by atoms with Crippen LogP contribution in [0.3, 0.4) is 0 Å². The Hall–Kier alpha value is -2.09. The van der Waals surface area contributed by atoms with E-state index < -0.39 is 23.6 Å². The molecule has 0 saturated heterocycles. The van der Waals surface area contributed by atoms with Crippen molar-refractivity contribution >= 4 is 5.97 Å². The van der Waals surface area contributed by atoms with Crippen molar-refractivity contribution in [1.82, 2.24) is 0 Å². The zero-order valence-corrected chi connectivity index (χ0v) is 13.9. The summed E-state index contributed by atoms with van der Waals surface area (Å²) in [7, 11) is 1.31. The molecule has 0 unspecified atom stereocenters. The number of aliphatic hydroxyl groups is 1. The van der Waals surface area contributed by atoms with Gasteiger partial charge in [0, 0.05) is 17.9 Å². The average Bonchev–Trinajstić information content (AvgIpc) is 2.56. The lowest BCUT2D eigenvalue weighted by atomic mass is 9.82. The molecule has 0 aliphatic rings. The van der Waals surface area contributed by atoms with Crippen molar-refractivity contribution in [2.75, 3.05) is 7.11 Å². The van der Waals surface area contributed by atoms with Gasteiger partial charge in [-0.2, -0.15) is 0 Å². The van der Waals surface area contributed by atoms with Gasteiger partial charge in [-0.1, -0.05) is 50.3 Å². The van der Waals surface area contributed by atoms with Crippen LogP contribution in [0.15, 0.2) is 42.5 Å². The first-order valence-corrected chi connectivity index (χ1v) is 7.45. The van der Waals surface area contributed by atoms with Crippen LogP contribution in [0.25, 0.3) is 0 Å². The second-order valence-electron chi connectivity index (χ2n) is 5.87. The third-order valence-electron chi connectivity index (χ3n) is 3.59. The maximum atomic E-state index is 11.2. The maximum absolute atomic E-state index is 11.2. The van der Waals surface area contributed by atoms with E-state index in [1.807, 2.05) is 44.2 Å². The standard InChI is InChI=1S/C19H24O4/c1-5-9-16(23-14-15-10-7-6-8-11-15)18(21)19(2,3)13-12-17(20)22-4/h1,6-8,10-13,16,18,21H,9,14H2,2-4H3/b13-12+/t16-,18-/m0/s1. The van der Waals surface area contributed by atoms with E-state index in [2.05, 4.69) is 10.7 Å². The topological polar surface area (TPSA) is 55.8 Å². The molecule has 4 nitrogen and oxygen atoms in total. The molecule has 0 radical (unpaired) electrons. The molecule has 0 aliphatic heterocycles. The van der Waals surface area contributed by atoms with Crippen LogP contribution in [0.1, 0.15) is 25.8 Å². The van der Waals surface area contributed by atoms with Gasteiger partial charge < -0.3 is 14.6 Å². The number of ether oxygens (including phenoxy) is 2. The monoisotopic (exact) mass is 316 g/mol. The van der Waals surface area contributed by atoms with Gasteiger partial charge in [0.15, 0.2) is 0 Å². The summed E-state index contributed by atoms with van der Waals surface area (Å²) in [6.45, 7) is 3.99. The Morgan fingerprint density at radius 2 is 2.04 bits per heavy atom. The molecule has 1 aromatic carbocycles. The van der Waals surface area contributed by atoms with Crippen LogP contribution in [-0.2, 0) is 20.9 Å². The van der Waals surface area contributed by atoms with Crippen LogP contribution < -0.4 is 0 Å². The fourth-order valence-corrected chi connectivity index (χ4v) is 2.08. The highest BCUT2D eigenvalue weighted by Crippen LogP contribution is 2.28. The average molecular weight is 316 g/mol. The summed E-state index contributed by atoms with van der Waals surface area (Å²) in [4.78, 5) is 11.2. The van der Waals surface area contributed by atoms with Crippen molar-refractivity contribution in [3.63, 3.8) is 0 Å². The van der Waals surface area contributed by atoms with E-state index >= 15 is 0 Å². The van der Waals surface area contributed by atoms with Gasteiger partial charge >= 0.3 is 5.97 Å². The van der Waals surface area contributed by atoms with Gasteiger partial charge in [-0.15, -0.1) is 12.3 Å². The molecule has 0 fully saturated rings. The number of rotatable bonds is 8. The Kier molecular flexibility index (Phi) is 7.53. The summed E-state index contributed by atoms with van der Waals surface area (Å²) < 4.78 is 10.4. The van der Waals surface area contributed by atoms with Crippen molar-refractivity contribution in [1.29, 1.82) is 0 Å². The summed E-state index contributed by atoms with van der Waals surface area (Å²) in [5, 5.41) is 10.6. The van der Waals surface area contributed by atoms with Crippen molar-refractivity contribution in [2.45, 2.75) is 39.1 Å². The quantitative estimate of drug-likeness (QED) is 0.455. The number of carbonyl (C=O) groups excluding carboxylic acids is 1. The van der Waals surface area contributed by atoms with Crippen LogP contribution in [-0.4, -0.2) is 30.4 Å². The molecule has 4 heteroatoms. The maximum Gasteiger partial charge on any atom is 0.330 e. The van der Waals surface area contributed by atoms with E-state index in [0.717, 1.165) is 5.56 Å². The van der Waals surface area contributed by atoms with Gasteiger partial charge in [-0.3, -0.25) is 0 Å². The SMILES string of the molecule is C#CC[C@H](OCc1ccccc1)[C@H](O)C(C)(C)/C=C/C(=O)OC. The zero-order valence-electron chi connectivity index (χ0n) is 13.9. The number of esters is 1. The van der Waals surface area contributed by atoms with Gasteiger partial charge in [0.05, 0.1) is 25.9 Å². The lowest BCUT2D eigenvalue weighted by Gasteiger charge is -2.33. The molecule has 0 saturated carbocycles. The van der Waals surface area contributed by atoms with E-state index in [4.69, 9.17) is 11.2 Å². The van der Waals surface area contributed by atoms with Crippen LogP contribution in [0.2, 0.25) is 0 Å². The van der Waals surface area contributed by atoms with Gasteiger partial charge in [0.2, 0.25) is 0 Å². The molecule has 1 N–H and O–H groups in total. The van der Waals surface area contributed by atoms with E-state index in [9.17, 15) is 9.90 Å². The van der Waals surface area contributed by atoms with E-state index in [-0.39, 0.29) is 6.42 Å². The summed E-state index contributed by atoms with van der Waals surface area (Å²) >= 11 is 0. The summed E-state index contributed by atoms with van der Waals surface area (Å²) in [5.41, 5.74) is 0.316. The van der Waals surface area contributed by atoms with Crippen LogP contribution in [0, 0.1) is 17.8 Å². The van der Waals surface area contributed by atoms with Crippen molar-refractivity contribution in [3.8, 4) is 12.3 Å². The smallest absolute Gasteiger partial charge is 0.330 e. The van der Waals surface area contributed by atoms with Crippen LogP contribution in [0.5, 0.6) is 0 Å². The lowest BCUT2D eigenvalue weighted by molar-refractivity contribution is -0.135. The summed E-state index contributed by atoms with van der Waals surface area (Å²) in [6, 6.07) is 9.67. The normalized spacial score (nSPS) is 14.2. The molecule has 0 spiro atoms.